The molecule has 3 aromatic heterocycles. The van der Waals surface area contributed by atoms with Crippen molar-refractivity contribution in [3.05, 3.63) is 54.7 Å². The molecule has 5 rings (SSSR count). The minimum Gasteiger partial charge on any atom is -0.461 e. The third kappa shape index (κ3) is 4.06. The zero-order valence-corrected chi connectivity index (χ0v) is 16.9. The van der Waals surface area contributed by atoms with Gasteiger partial charge in [0.1, 0.15) is 0 Å². The molecule has 1 atom stereocenters. The second kappa shape index (κ2) is 8.12. The summed E-state index contributed by atoms with van der Waals surface area (Å²) in [4.78, 5) is 13.5. The van der Waals surface area contributed by atoms with E-state index in [1.54, 1.807) is 12.5 Å². The summed E-state index contributed by atoms with van der Waals surface area (Å²) in [5, 5.41) is 18.8. The predicted octanol–water partition coefficient (Wildman–Crippen LogP) is 2.38. The van der Waals surface area contributed by atoms with E-state index in [2.05, 4.69) is 30.0 Å². The first kappa shape index (κ1) is 19.1. The van der Waals surface area contributed by atoms with Crippen LogP contribution in [-0.4, -0.2) is 62.5 Å². The van der Waals surface area contributed by atoms with Gasteiger partial charge < -0.3 is 14.4 Å². The second-order valence-corrected chi connectivity index (χ2v) is 8.49. The molecule has 156 valence electrons. The maximum absolute atomic E-state index is 10.6. The lowest BCUT2D eigenvalue weighted by Crippen LogP contribution is -2.53. The van der Waals surface area contributed by atoms with E-state index < -0.39 is 0 Å². The molecule has 5 heterocycles. The van der Waals surface area contributed by atoms with E-state index in [0.717, 1.165) is 56.8 Å². The Labute approximate surface area is 175 Å². The van der Waals surface area contributed by atoms with Crippen LogP contribution in [0.15, 0.2) is 53.5 Å². The van der Waals surface area contributed by atoms with Crippen LogP contribution in [0.1, 0.15) is 24.8 Å². The number of anilines is 1. The standard InChI is InChI=1S/C22H26N6O2/c29-18-11-22(5-8-28(9-6-22)20-4-1-7-25-26-20)16-27(15-18)14-17-12-23-21(24-13-17)19-3-2-10-30-19/h1-4,7,10,12-13,18,29H,5-6,8-9,11,14-16H2. The minimum atomic E-state index is -0.301. The highest BCUT2D eigenvalue weighted by atomic mass is 16.3. The Morgan fingerprint density at radius 3 is 2.67 bits per heavy atom. The molecule has 0 bridgehead atoms. The van der Waals surface area contributed by atoms with Crippen LogP contribution in [0.2, 0.25) is 0 Å². The van der Waals surface area contributed by atoms with E-state index in [4.69, 9.17) is 4.42 Å². The average Bonchev–Trinajstić information content (AvgIpc) is 3.30. The first-order chi connectivity index (χ1) is 14.7. The van der Waals surface area contributed by atoms with Crippen LogP contribution < -0.4 is 4.90 Å². The van der Waals surface area contributed by atoms with Gasteiger partial charge in [0.15, 0.2) is 17.4 Å². The molecule has 0 aromatic carbocycles. The molecule has 0 aliphatic carbocycles. The quantitative estimate of drug-likeness (QED) is 0.706. The number of aromatic nitrogens is 4. The Morgan fingerprint density at radius 1 is 1.13 bits per heavy atom. The second-order valence-electron chi connectivity index (χ2n) is 8.49. The summed E-state index contributed by atoms with van der Waals surface area (Å²) in [7, 11) is 0. The summed E-state index contributed by atoms with van der Waals surface area (Å²) in [5.41, 5.74) is 1.19. The van der Waals surface area contributed by atoms with Gasteiger partial charge in [0.05, 0.1) is 12.4 Å². The van der Waals surface area contributed by atoms with Crippen LogP contribution in [-0.2, 0) is 6.54 Å². The molecule has 8 nitrogen and oxygen atoms in total. The predicted molar refractivity (Wildman–Crippen MR) is 112 cm³/mol. The van der Waals surface area contributed by atoms with E-state index >= 15 is 0 Å². The lowest BCUT2D eigenvalue weighted by atomic mass is 9.71. The normalized spacial score (nSPS) is 21.8. The molecule has 1 spiro atoms. The first-order valence-electron chi connectivity index (χ1n) is 10.5. The molecule has 0 amide bonds. The Kier molecular flexibility index (Phi) is 5.18. The molecule has 3 aromatic rings. The van der Waals surface area contributed by atoms with Crippen molar-refractivity contribution in [2.24, 2.45) is 5.41 Å². The van der Waals surface area contributed by atoms with Crippen molar-refractivity contribution in [3.8, 4) is 11.6 Å². The van der Waals surface area contributed by atoms with Gasteiger partial charge in [-0.25, -0.2) is 9.97 Å². The lowest BCUT2D eigenvalue weighted by Gasteiger charge is -2.49. The topological polar surface area (TPSA) is 91.4 Å². The molecule has 2 aliphatic rings. The molecular weight excluding hydrogens is 380 g/mol. The third-order valence-electron chi connectivity index (χ3n) is 6.26. The van der Waals surface area contributed by atoms with E-state index in [-0.39, 0.29) is 11.5 Å². The van der Waals surface area contributed by atoms with Crippen LogP contribution in [0.25, 0.3) is 11.6 Å². The summed E-state index contributed by atoms with van der Waals surface area (Å²) in [6.07, 6.45) is 9.70. The number of hydrogen-bond donors (Lipinski definition) is 1. The molecular formula is C22H26N6O2. The summed E-state index contributed by atoms with van der Waals surface area (Å²) in [5.74, 6) is 2.20. The Hall–Kier alpha value is -2.84. The Balaban J connectivity index is 1.23. The van der Waals surface area contributed by atoms with Gasteiger partial charge in [0, 0.05) is 56.9 Å². The summed E-state index contributed by atoms with van der Waals surface area (Å²) >= 11 is 0. The minimum absolute atomic E-state index is 0.144. The smallest absolute Gasteiger partial charge is 0.195 e. The van der Waals surface area contributed by atoms with Gasteiger partial charge in [-0.2, -0.15) is 5.10 Å². The molecule has 2 saturated heterocycles. The maximum Gasteiger partial charge on any atom is 0.195 e. The molecule has 0 saturated carbocycles. The largest absolute Gasteiger partial charge is 0.461 e. The number of nitrogens with zero attached hydrogens (tertiary/aromatic N) is 6. The zero-order valence-electron chi connectivity index (χ0n) is 16.9. The summed E-state index contributed by atoms with van der Waals surface area (Å²) in [6.45, 7) is 4.30. The van der Waals surface area contributed by atoms with Crippen molar-refractivity contribution in [2.75, 3.05) is 31.1 Å². The number of aliphatic hydroxyl groups excluding tert-OH is 1. The van der Waals surface area contributed by atoms with E-state index in [1.807, 2.05) is 36.7 Å². The number of rotatable bonds is 4. The van der Waals surface area contributed by atoms with Crippen molar-refractivity contribution < 1.29 is 9.52 Å². The maximum atomic E-state index is 10.6. The van der Waals surface area contributed by atoms with Crippen molar-refractivity contribution in [1.82, 2.24) is 25.1 Å². The van der Waals surface area contributed by atoms with Gasteiger partial charge in [-0.3, -0.25) is 4.90 Å². The van der Waals surface area contributed by atoms with Crippen LogP contribution >= 0.6 is 0 Å². The number of piperidine rings is 2. The van der Waals surface area contributed by atoms with Gasteiger partial charge in [0.25, 0.3) is 0 Å². The first-order valence-corrected chi connectivity index (χ1v) is 10.5. The fourth-order valence-corrected chi connectivity index (χ4v) is 4.85. The summed E-state index contributed by atoms with van der Waals surface area (Å²) in [6, 6.07) is 7.63. The Morgan fingerprint density at radius 2 is 1.97 bits per heavy atom. The van der Waals surface area contributed by atoms with Crippen LogP contribution in [0.5, 0.6) is 0 Å². The van der Waals surface area contributed by atoms with Gasteiger partial charge in [-0.05, 0) is 48.9 Å². The van der Waals surface area contributed by atoms with Crippen molar-refractivity contribution in [1.29, 1.82) is 0 Å². The number of aliphatic hydroxyl groups is 1. The third-order valence-corrected chi connectivity index (χ3v) is 6.26. The highest BCUT2D eigenvalue weighted by molar-refractivity contribution is 5.45. The van der Waals surface area contributed by atoms with Crippen molar-refractivity contribution >= 4 is 5.82 Å². The fourth-order valence-electron chi connectivity index (χ4n) is 4.85. The number of hydrogen-bond acceptors (Lipinski definition) is 8. The van der Waals surface area contributed by atoms with Gasteiger partial charge in [0.2, 0.25) is 0 Å². The van der Waals surface area contributed by atoms with Gasteiger partial charge in [-0.1, -0.05) is 0 Å². The van der Waals surface area contributed by atoms with Gasteiger partial charge in [-0.15, -0.1) is 5.10 Å². The highest BCUT2D eigenvalue weighted by Gasteiger charge is 2.41. The molecule has 0 radical (unpaired) electrons. The highest BCUT2D eigenvalue weighted by Crippen LogP contribution is 2.41. The van der Waals surface area contributed by atoms with E-state index in [1.165, 1.54) is 0 Å². The zero-order chi connectivity index (χ0) is 20.4. The van der Waals surface area contributed by atoms with Crippen LogP contribution in [0.4, 0.5) is 5.82 Å². The van der Waals surface area contributed by atoms with Crippen molar-refractivity contribution in [3.63, 3.8) is 0 Å². The van der Waals surface area contributed by atoms with Crippen LogP contribution in [0.3, 0.4) is 0 Å². The number of furan rings is 1. The van der Waals surface area contributed by atoms with E-state index in [0.29, 0.717) is 18.1 Å². The molecule has 1 unspecified atom stereocenters. The molecule has 1 N–H and O–H groups in total. The van der Waals surface area contributed by atoms with Crippen molar-refractivity contribution in [2.45, 2.75) is 31.9 Å². The van der Waals surface area contributed by atoms with Crippen LogP contribution in [0, 0.1) is 5.41 Å². The summed E-state index contributed by atoms with van der Waals surface area (Å²) < 4.78 is 5.36. The fraction of sp³-hybridized carbons (Fsp3) is 0.455. The Bertz CT molecular complexity index is 940. The number of likely N-dealkylation sites (tertiary alicyclic amines) is 1. The lowest BCUT2D eigenvalue weighted by molar-refractivity contribution is -0.0252. The monoisotopic (exact) mass is 406 g/mol. The molecule has 8 heteroatoms. The SMILES string of the molecule is OC1CN(Cc2cnc(-c3ccco3)nc2)CC2(CCN(c3cccnn3)CC2)C1. The molecule has 2 aliphatic heterocycles. The molecule has 2 fully saturated rings. The van der Waals surface area contributed by atoms with Gasteiger partial charge >= 0.3 is 0 Å². The molecule has 30 heavy (non-hydrogen) atoms. The van der Waals surface area contributed by atoms with E-state index in [9.17, 15) is 5.11 Å². The average molecular weight is 406 g/mol. The number of β-amino-alcohol motifs (C(OH)–C–C–N with tert-alkyl or cyclic N) is 1.